The van der Waals surface area contributed by atoms with Crippen LogP contribution in [0.2, 0.25) is 5.02 Å². The van der Waals surface area contributed by atoms with Crippen LogP contribution in [-0.4, -0.2) is 25.8 Å². The average Bonchev–Trinajstić information content (AvgIpc) is 3.17. The van der Waals surface area contributed by atoms with E-state index in [0.717, 1.165) is 5.56 Å². The Morgan fingerprint density at radius 2 is 2.14 bits per heavy atom. The van der Waals surface area contributed by atoms with Gasteiger partial charge in [-0.05, 0) is 30.3 Å². The number of aromatic nitrogens is 4. The lowest BCUT2D eigenvalue weighted by molar-refractivity contribution is -0.122. The minimum atomic E-state index is -0.185. The number of hydrogen-bond donors (Lipinski definition) is 1. The number of benzene rings is 1. The first kappa shape index (κ1) is 14.3. The molecule has 3 rings (SSSR count). The third-order valence-corrected chi connectivity index (χ3v) is 3.12. The Morgan fingerprint density at radius 3 is 2.86 bits per heavy atom. The van der Waals surface area contributed by atoms with Crippen LogP contribution >= 0.6 is 11.6 Å². The van der Waals surface area contributed by atoms with Gasteiger partial charge in [-0.2, -0.15) is 10.1 Å². The van der Waals surface area contributed by atoms with Gasteiger partial charge in [-0.15, -0.1) is 0 Å². The predicted octanol–water partition coefficient (Wildman–Crippen LogP) is 1.90. The third kappa shape index (κ3) is 3.50. The molecule has 0 atom stereocenters. The average molecular weight is 318 g/mol. The molecule has 0 fully saturated rings. The molecule has 8 heteroatoms. The predicted molar refractivity (Wildman–Crippen MR) is 78.8 cm³/mol. The van der Waals surface area contributed by atoms with Gasteiger partial charge in [-0.25, -0.2) is 0 Å². The van der Waals surface area contributed by atoms with Crippen molar-refractivity contribution in [2.75, 3.05) is 0 Å². The van der Waals surface area contributed by atoms with E-state index in [9.17, 15) is 4.79 Å². The summed E-state index contributed by atoms with van der Waals surface area (Å²) in [7, 11) is 0. The number of rotatable bonds is 5. The number of amides is 1. The Balaban J connectivity index is 1.57. The molecule has 0 aliphatic heterocycles. The van der Waals surface area contributed by atoms with Crippen LogP contribution < -0.4 is 5.32 Å². The summed E-state index contributed by atoms with van der Waals surface area (Å²) in [6, 6.07) is 8.85. The molecule has 22 heavy (non-hydrogen) atoms. The van der Waals surface area contributed by atoms with E-state index in [1.165, 1.54) is 4.68 Å². The summed E-state index contributed by atoms with van der Waals surface area (Å²) in [6.45, 7) is 0.311. The number of carbonyl (C=O) groups excluding carboxylic acids is 1. The lowest BCUT2D eigenvalue weighted by atomic mass is 10.2. The zero-order valence-corrected chi connectivity index (χ0v) is 12.2. The summed E-state index contributed by atoms with van der Waals surface area (Å²) in [5.74, 6) is 0.599. The van der Waals surface area contributed by atoms with Crippen molar-refractivity contribution in [1.29, 1.82) is 0 Å². The van der Waals surface area contributed by atoms with Gasteiger partial charge in [0.2, 0.25) is 17.6 Å². The van der Waals surface area contributed by atoms with Gasteiger partial charge in [0.15, 0.2) is 0 Å². The van der Waals surface area contributed by atoms with Gasteiger partial charge in [0, 0.05) is 23.0 Å². The van der Waals surface area contributed by atoms with Crippen LogP contribution in [0.5, 0.6) is 0 Å². The standard InChI is InChI=1S/C14H12ClN5O2/c15-11-4-2-10(3-5-11)14-18-13(22-19-14)8-16-12(21)9-20-7-1-6-17-20/h1-7H,8-9H2,(H,16,21). The summed E-state index contributed by atoms with van der Waals surface area (Å²) in [5, 5.41) is 11.2. The van der Waals surface area contributed by atoms with Crippen LogP contribution in [0.3, 0.4) is 0 Å². The lowest BCUT2D eigenvalue weighted by Crippen LogP contribution is -2.27. The van der Waals surface area contributed by atoms with Crippen molar-refractivity contribution in [3.05, 3.63) is 53.6 Å². The van der Waals surface area contributed by atoms with Crippen molar-refractivity contribution in [3.8, 4) is 11.4 Å². The molecule has 7 nitrogen and oxygen atoms in total. The summed E-state index contributed by atoms with van der Waals surface area (Å²) in [5.41, 5.74) is 0.794. The van der Waals surface area contributed by atoms with Crippen LogP contribution in [0, 0.1) is 0 Å². The first-order valence-corrected chi connectivity index (χ1v) is 6.91. The Kier molecular flexibility index (Phi) is 4.15. The Labute approximate surface area is 130 Å². The number of nitrogens with zero attached hydrogens (tertiary/aromatic N) is 4. The number of hydrogen-bond acceptors (Lipinski definition) is 5. The van der Waals surface area contributed by atoms with Crippen LogP contribution in [0.4, 0.5) is 0 Å². The van der Waals surface area contributed by atoms with E-state index in [4.69, 9.17) is 16.1 Å². The highest BCUT2D eigenvalue weighted by molar-refractivity contribution is 6.30. The third-order valence-electron chi connectivity index (χ3n) is 2.87. The van der Waals surface area contributed by atoms with Gasteiger partial charge in [0.25, 0.3) is 0 Å². The van der Waals surface area contributed by atoms with Crippen molar-refractivity contribution in [1.82, 2.24) is 25.2 Å². The van der Waals surface area contributed by atoms with Gasteiger partial charge < -0.3 is 9.84 Å². The van der Waals surface area contributed by atoms with Crippen molar-refractivity contribution in [3.63, 3.8) is 0 Å². The molecular formula is C14H12ClN5O2. The minimum absolute atomic E-state index is 0.144. The number of halogens is 1. The quantitative estimate of drug-likeness (QED) is 0.776. The maximum atomic E-state index is 11.7. The van der Waals surface area contributed by atoms with Crippen LogP contribution in [0.25, 0.3) is 11.4 Å². The second-order valence-electron chi connectivity index (χ2n) is 4.50. The van der Waals surface area contributed by atoms with Gasteiger partial charge in [0.1, 0.15) is 6.54 Å². The molecule has 0 aliphatic rings. The molecule has 0 radical (unpaired) electrons. The van der Waals surface area contributed by atoms with E-state index in [1.807, 2.05) is 0 Å². The fourth-order valence-electron chi connectivity index (χ4n) is 1.81. The Morgan fingerprint density at radius 1 is 1.32 bits per heavy atom. The number of nitrogens with one attached hydrogen (secondary N) is 1. The van der Waals surface area contributed by atoms with E-state index >= 15 is 0 Å². The topological polar surface area (TPSA) is 85.8 Å². The molecule has 0 saturated carbocycles. The van der Waals surface area contributed by atoms with Gasteiger partial charge in [0.05, 0.1) is 6.54 Å². The first-order valence-electron chi connectivity index (χ1n) is 6.53. The van der Waals surface area contributed by atoms with Crippen LogP contribution in [0.15, 0.2) is 47.2 Å². The molecule has 2 heterocycles. The fourth-order valence-corrected chi connectivity index (χ4v) is 1.94. The lowest BCUT2D eigenvalue weighted by Gasteiger charge is -2.01. The van der Waals surface area contributed by atoms with E-state index in [1.54, 1.807) is 42.7 Å². The highest BCUT2D eigenvalue weighted by Crippen LogP contribution is 2.18. The Hall–Kier alpha value is -2.67. The van der Waals surface area contributed by atoms with Gasteiger partial charge >= 0.3 is 0 Å². The van der Waals surface area contributed by atoms with Crippen molar-refractivity contribution in [2.24, 2.45) is 0 Å². The normalized spacial score (nSPS) is 10.6. The SMILES string of the molecule is O=C(Cn1cccn1)NCc1nc(-c2ccc(Cl)cc2)no1. The molecule has 0 bridgehead atoms. The second kappa shape index (κ2) is 6.40. The molecule has 3 aromatic rings. The number of carbonyl (C=O) groups is 1. The maximum Gasteiger partial charge on any atom is 0.246 e. The molecule has 1 N–H and O–H groups in total. The summed E-state index contributed by atoms with van der Waals surface area (Å²) >= 11 is 5.83. The zero-order chi connectivity index (χ0) is 15.4. The summed E-state index contributed by atoms with van der Waals surface area (Å²) in [6.07, 6.45) is 3.33. The largest absolute Gasteiger partial charge is 0.345 e. The van der Waals surface area contributed by atoms with E-state index < -0.39 is 0 Å². The zero-order valence-electron chi connectivity index (χ0n) is 11.4. The van der Waals surface area contributed by atoms with Crippen molar-refractivity contribution < 1.29 is 9.32 Å². The summed E-state index contributed by atoms with van der Waals surface area (Å²) < 4.78 is 6.63. The van der Waals surface area contributed by atoms with Crippen molar-refractivity contribution in [2.45, 2.75) is 13.1 Å². The molecule has 0 unspecified atom stereocenters. The highest BCUT2D eigenvalue weighted by atomic mass is 35.5. The van der Waals surface area contributed by atoms with Crippen LogP contribution in [0.1, 0.15) is 5.89 Å². The van der Waals surface area contributed by atoms with Crippen LogP contribution in [-0.2, 0) is 17.9 Å². The summed E-state index contributed by atoms with van der Waals surface area (Å²) in [4.78, 5) is 15.9. The first-order chi connectivity index (χ1) is 10.7. The molecular weight excluding hydrogens is 306 g/mol. The smallest absolute Gasteiger partial charge is 0.246 e. The minimum Gasteiger partial charge on any atom is -0.345 e. The molecule has 0 aliphatic carbocycles. The molecule has 0 saturated heterocycles. The van der Waals surface area contributed by atoms with Gasteiger partial charge in [-0.3, -0.25) is 9.48 Å². The van der Waals surface area contributed by atoms with Gasteiger partial charge in [-0.1, -0.05) is 16.8 Å². The molecule has 1 aromatic carbocycles. The maximum absolute atomic E-state index is 11.7. The Bertz CT molecular complexity index is 752. The molecule has 0 spiro atoms. The molecule has 1 amide bonds. The fraction of sp³-hybridized carbons (Fsp3) is 0.143. The monoisotopic (exact) mass is 317 g/mol. The van der Waals surface area contributed by atoms with E-state index in [2.05, 4.69) is 20.6 Å². The highest BCUT2D eigenvalue weighted by Gasteiger charge is 2.10. The van der Waals surface area contributed by atoms with Crippen molar-refractivity contribution >= 4 is 17.5 Å². The molecule has 2 aromatic heterocycles. The second-order valence-corrected chi connectivity index (χ2v) is 4.94. The molecule has 112 valence electrons. The van der Waals surface area contributed by atoms with E-state index in [-0.39, 0.29) is 19.0 Å². The van der Waals surface area contributed by atoms with E-state index in [0.29, 0.717) is 16.7 Å².